The molecular weight excluding hydrogens is 392 g/mol. The fourth-order valence-corrected chi connectivity index (χ4v) is 3.14. The predicted molar refractivity (Wildman–Crippen MR) is 106 cm³/mol. The molecule has 0 spiro atoms. The van der Waals surface area contributed by atoms with E-state index in [0.717, 1.165) is 32.7 Å². The zero-order valence-corrected chi connectivity index (χ0v) is 16.2. The molecule has 1 heterocycles. The van der Waals surface area contributed by atoms with Gasteiger partial charge in [-0.05, 0) is 49.8 Å². The van der Waals surface area contributed by atoms with Gasteiger partial charge in [0.15, 0.2) is 0 Å². The molecule has 1 aromatic heterocycles. The summed E-state index contributed by atoms with van der Waals surface area (Å²) in [5.41, 5.74) is 4.69. The lowest BCUT2D eigenvalue weighted by atomic mass is 10.2. The Morgan fingerprint density at radius 2 is 1.92 bits per heavy atom. The first kappa shape index (κ1) is 18.1. The number of benzene rings is 2. The largest absolute Gasteiger partial charge is 0.458 e. The minimum Gasteiger partial charge on any atom is -0.458 e. The molecule has 0 bridgehead atoms. The molecule has 3 aromatic rings. The highest BCUT2D eigenvalue weighted by molar-refractivity contribution is 9.10. The van der Waals surface area contributed by atoms with Crippen molar-refractivity contribution >= 4 is 28.0 Å². The van der Waals surface area contributed by atoms with E-state index in [9.17, 15) is 4.79 Å². The van der Waals surface area contributed by atoms with E-state index in [1.165, 1.54) is 6.08 Å². The molecule has 2 aromatic carbocycles. The van der Waals surface area contributed by atoms with Gasteiger partial charge < -0.3 is 4.74 Å². The molecule has 5 heteroatoms. The van der Waals surface area contributed by atoms with Crippen LogP contribution in [0, 0.1) is 13.8 Å². The molecule has 0 aliphatic carbocycles. The first-order chi connectivity index (χ1) is 12.5. The molecule has 0 atom stereocenters. The Labute approximate surface area is 161 Å². The monoisotopic (exact) mass is 410 g/mol. The lowest BCUT2D eigenvalue weighted by molar-refractivity contribution is -0.138. The third-order valence-corrected chi connectivity index (χ3v) is 4.50. The number of aromatic nitrogens is 2. The van der Waals surface area contributed by atoms with Gasteiger partial charge in [-0.2, -0.15) is 5.10 Å². The van der Waals surface area contributed by atoms with Crippen molar-refractivity contribution in [2.24, 2.45) is 0 Å². The molecule has 132 valence electrons. The summed E-state index contributed by atoms with van der Waals surface area (Å²) in [5.74, 6) is -0.378. The molecule has 0 saturated carbocycles. The Morgan fingerprint density at radius 3 is 2.65 bits per heavy atom. The average Bonchev–Trinajstić information content (AvgIpc) is 2.93. The van der Waals surface area contributed by atoms with Gasteiger partial charge in [-0.15, -0.1) is 0 Å². The van der Waals surface area contributed by atoms with Crippen LogP contribution in [0.2, 0.25) is 0 Å². The number of carbonyl (C=O) groups is 1. The van der Waals surface area contributed by atoms with Gasteiger partial charge in [0.25, 0.3) is 0 Å². The van der Waals surface area contributed by atoms with Crippen molar-refractivity contribution < 1.29 is 9.53 Å². The molecule has 3 rings (SSSR count). The third-order valence-electron chi connectivity index (χ3n) is 4.00. The molecule has 0 aliphatic rings. The molecule has 0 radical (unpaired) electrons. The van der Waals surface area contributed by atoms with Crippen LogP contribution in [0.4, 0.5) is 0 Å². The highest BCUT2D eigenvalue weighted by Crippen LogP contribution is 2.19. The Hall–Kier alpha value is -2.66. The summed E-state index contributed by atoms with van der Waals surface area (Å²) in [7, 11) is 0. The second-order valence-corrected chi connectivity index (χ2v) is 6.82. The number of hydrogen-bond acceptors (Lipinski definition) is 3. The van der Waals surface area contributed by atoms with Crippen LogP contribution in [0.5, 0.6) is 0 Å². The molecule has 0 N–H and O–H groups in total. The van der Waals surface area contributed by atoms with Crippen molar-refractivity contribution in [3.8, 4) is 5.69 Å². The van der Waals surface area contributed by atoms with E-state index < -0.39 is 0 Å². The molecule has 26 heavy (non-hydrogen) atoms. The average molecular weight is 411 g/mol. The highest BCUT2D eigenvalue weighted by Gasteiger charge is 2.11. The van der Waals surface area contributed by atoms with E-state index in [4.69, 9.17) is 4.74 Å². The number of nitrogens with zero attached hydrogens (tertiary/aromatic N) is 2. The molecular formula is C21H19BrN2O2. The number of carbonyl (C=O) groups excluding carboxylic acids is 1. The van der Waals surface area contributed by atoms with Crippen molar-refractivity contribution in [1.29, 1.82) is 0 Å². The normalized spacial score (nSPS) is 11.0. The van der Waals surface area contributed by atoms with Crippen LogP contribution in [0.25, 0.3) is 11.8 Å². The Kier molecular flexibility index (Phi) is 5.68. The van der Waals surface area contributed by atoms with Gasteiger partial charge in [-0.25, -0.2) is 9.48 Å². The number of esters is 1. The van der Waals surface area contributed by atoms with Crippen molar-refractivity contribution in [2.45, 2.75) is 20.5 Å². The summed E-state index contributed by atoms with van der Waals surface area (Å²) in [6.45, 7) is 4.16. The van der Waals surface area contributed by atoms with Gasteiger partial charge >= 0.3 is 5.97 Å². The van der Waals surface area contributed by atoms with Gasteiger partial charge in [0.05, 0.1) is 11.4 Å². The second kappa shape index (κ2) is 8.15. The number of halogens is 1. The van der Waals surface area contributed by atoms with E-state index in [-0.39, 0.29) is 12.6 Å². The summed E-state index contributed by atoms with van der Waals surface area (Å²) in [6.07, 6.45) is 3.21. The van der Waals surface area contributed by atoms with Crippen LogP contribution >= 0.6 is 15.9 Å². The molecule has 0 aliphatic heterocycles. The maximum absolute atomic E-state index is 12.0. The second-order valence-electron chi connectivity index (χ2n) is 5.90. The van der Waals surface area contributed by atoms with Gasteiger partial charge in [0.1, 0.15) is 6.61 Å². The number of aryl methyl sites for hydroxylation is 1. The standard InChI is InChI=1S/C21H19BrN2O2/c1-15-20(16(2)24(23-15)19-9-4-3-5-10-19)11-12-21(25)26-14-17-7-6-8-18(22)13-17/h3-13H,14H2,1-2H3/b12-11+. The first-order valence-corrected chi connectivity index (χ1v) is 9.05. The Balaban J connectivity index is 1.70. The zero-order chi connectivity index (χ0) is 18.5. The first-order valence-electron chi connectivity index (χ1n) is 8.25. The molecule has 0 unspecified atom stereocenters. The Bertz CT molecular complexity index is 946. The quantitative estimate of drug-likeness (QED) is 0.438. The number of hydrogen-bond donors (Lipinski definition) is 0. The van der Waals surface area contributed by atoms with Crippen LogP contribution in [-0.4, -0.2) is 15.7 Å². The fraction of sp³-hybridized carbons (Fsp3) is 0.143. The summed E-state index contributed by atoms with van der Waals surface area (Å²) in [5, 5.41) is 4.57. The van der Waals surface area contributed by atoms with E-state index >= 15 is 0 Å². The van der Waals surface area contributed by atoms with Crippen molar-refractivity contribution in [3.05, 3.63) is 87.7 Å². The van der Waals surface area contributed by atoms with E-state index in [1.807, 2.05) is 73.1 Å². The summed E-state index contributed by atoms with van der Waals surface area (Å²) in [6, 6.07) is 17.6. The maximum atomic E-state index is 12.0. The molecule has 0 saturated heterocycles. The van der Waals surface area contributed by atoms with Crippen LogP contribution in [0.3, 0.4) is 0 Å². The molecule has 0 fully saturated rings. The highest BCUT2D eigenvalue weighted by atomic mass is 79.9. The van der Waals surface area contributed by atoms with E-state index in [2.05, 4.69) is 21.0 Å². The van der Waals surface area contributed by atoms with Crippen molar-refractivity contribution in [1.82, 2.24) is 9.78 Å². The lowest BCUT2D eigenvalue weighted by Gasteiger charge is -2.04. The van der Waals surface area contributed by atoms with Crippen LogP contribution in [0.15, 0.2) is 65.1 Å². The van der Waals surface area contributed by atoms with Crippen LogP contribution in [0.1, 0.15) is 22.5 Å². The Morgan fingerprint density at radius 1 is 1.15 bits per heavy atom. The van der Waals surface area contributed by atoms with Crippen LogP contribution < -0.4 is 0 Å². The van der Waals surface area contributed by atoms with Gasteiger partial charge in [0, 0.05) is 21.8 Å². The molecule has 0 amide bonds. The maximum Gasteiger partial charge on any atom is 0.331 e. The summed E-state index contributed by atoms with van der Waals surface area (Å²) < 4.78 is 8.14. The number of para-hydroxylation sites is 1. The number of ether oxygens (including phenoxy) is 1. The van der Waals surface area contributed by atoms with Gasteiger partial charge in [0.2, 0.25) is 0 Å². The predicted octanol–water partition coefficient (Wildman–Crippen LogP) is 5.01. The lowest BCUT2D eigenvalue weighted by Crippen LogP contribution is -2.01. The SMILES string of the molecule is Cc1nn(-c2ccccc2)c(C)c1/C=C/C(=O)OCc1cccc(Br)c1. The molecule has 4 nitrogen and oxygen atoms in total. The van der Waals surface area contributed by atoms with Crippen molar-refractivity contribution in [3.63, 3.8) is 0 Å². The van der Waals surface area contributed by atoms with Gasteiger partial charge in [-0.1, -0.05) is 46.3 Å². The summed E-state index contributed by atoms with van der Waals surface area (Å²) >= 11 is 3.40. The smallest absolute Gasteiger partial charge is 0.331 e. The topological polar surface area (TPSA) is 44.1 Å². The summed E-state index contributed by atoms with van der Waals surface area (Å²) in [4.78, 5) is 12.0. The third kappa shape index (κ3) is 4.29. The van der Waals surface area contributed by atoms with Gasteiger partial charge in [-0.3, -0.25) is 0 Å². The fourth-order valence-electron chi connectivity index (χ4n) is 2.70. The van der Waals surface area contributed by atoms with E-state index in [1.54, 1.807) is 6.08 Å². The number of rotatable bonds is 5. The minimum atomic E-state index is -0.378. The van der Waals surface area contributed by atoms with Crippen LogP contribution in [-0.2, 0) is 16.1 Å². The zero-order valence-electron chi connectivity index (χ0n) is 14.6. The minimum absolute atomic E-state index is 0.240. The van der Waals surface area contributed by atoms with E-state index in [0.29, 0.717) is 0 Å². The van der Waals surface area contributed by atoms with Crippen molar-refractivity contribution in [2.75, 3.05) is 0 Å².